The van der Waals surface area contributed by atoms with E-state index in [-0.39, 0.29) is 13.1 Å². The highest BCUT2D eigenvalue weighted by atomic mass is 19.4. The quantitative estimate of drug-likeness (QED) is 0.780. The number of hydrogen-bond acceptors (Lipinski definition) is 2. The fourth-order valence-electron chi connectivity index (χ4n) is 1.16. The van der Waals surface area contributed by atoms with E-state index in [1.165, 1.54) is 13.8 Å². The molecule has 0 bridgehead atoms. The van der Waals surface area contributed by atoms with Crippen LogP contribution in [0, 0.1) is 5.41 Å². The molecule has 0 rings (SSSR count). The van der Waals surface area contributed by atoms with Gasteiger partial charge in [0.05, 0.1) is 12.0 Å². The van der Waals surface area contributed by atoms with Gasteiger partial charge in [-0.1, -0.05) is 6.92 Å². The second-order valence-corrected chi connectivity index (χ2v) is 4.11. The van der Waals surface area contributed by atoms with Gasteiger partial charge in [-0.25, -0.2) is 0 Å². The number of carbonyl (C=O) groups is 1. The molecule has 15 heavy (non-hydrogen) atoms. The molecule has 0 aromatic carbocycles. The third-order valence-electron chi connectivity index (χ3n) is 2.05. The molecule has 0 radical (unpaired) electrons. The van der Waals surface area contributed by atoms with Gasteiger partial charge in [-0.05, 0) is 20.4 Å². The van der Waals surface area contributed by atoms with Crippen LogP contribution in [0.3, 0.4) is 0 Å². The van der Waals surface area contributed by atoms with Gasteiger partial charge in [0.1, 0.15) is 0 Å². The standard InChI is InChI=1S/C9H16F3NO2/c1-4-13(6-9(10,11)12)5-8(2,3)7(14)15/h4-6H2,1-3H3,(H,14,15). The summed E-state index contributed by atoms with van der Waals surface area (Å²) in [5.41, 5.74) is -1.17. The molecule has 0 aromatic heterocycles. The van der Waals surface area contributed by atoms with Crippen LogP contribution in [-0.4, -0.2) is 41.8 Å². The Hall–Kier alpha value is -0.780. The van der Waals surface area contributed by atoms with Gasteiger partial charge in [0.15, 0.2) is 0 Å². The number of nitrogens with zero attached hydrogens (tertiary/aromatic N) is 1. The molecule has 0 atom stereocenters. The minimum absolute atomic E-state index is 0.113. The lowest BCUT2D eigenvalue weighted by Gasteiger charge is -2.29. The molecule has 0 saturated carbocycles. The molecule has 1 N–H and O–H groups in total. The van der Waals surface area contributed by atoms with Crippen molar-refractivity contribution >= 4 is 5.97 Å². The topological polar surface area (TPSA) is 40.5 Å². The molecule has 0 aliphatic rings. The van der Waals surface area contributed by atoms with E-state index in [0.717, 1.165) is 4.90 Å². The van der Waals surface area contributed by atoms with Gasteiger partial charge in [0, 0.05) is 6.54 Å². The lowest BCUT2D eigenvalue weighted by Crippen LogP contribution is -2.43. The summed E-state index contributed by atoms with van der Waals surface area (Å²) in [7, 11) is 0. The zero-order valence-corrected chi connectivity index (χ0v) is 9.06. The van der Waals surface area contributed by atoms with E-state index in [1.54, 1.807) is 6.92 Å². The molecular formula is C9H16F3NO2. The third kappa shape index (κ3) is 5.61. The monoisotopic (exact) mass is 227 g/mol. The Morgan fingerprint density at radius 1 is 1.27 bits per heavy atom. The summed E-state index contributed by atoms with van der Waals surface area (Å²) in [6, 6.07) is 0. The third-order valence-corrected chi connectivity index (χ3v) is 2.05. The van der Waals surface area contributed by atoms with Crippen molar-refractivity contribution in [2.45, 2.75) is 26.9 Å². The van der Waals surface area contributed by atoms with Crippen LogP contribution in [0.4, 0.5) is 13.2 Å². The van der Waals surface area contributed by atoms with Crippen molar-refractivity contribution in [3.63, 3.8) is 0 Å². The Bertz CT molecular complexity index is 226. The number of rotatable bonds is 5. The van der Waals surface area contributed by atoms with Gasteiger partial charge in [-0.15, -0.1) is 0 Å². The summed E-state index contributed by atoms with van der Waals surface area (Å²) in [4.78, 5) is 11.8. The SMILES string of the molecule is CCN(CC(F)(F)F)CC(C)(C)C(=O)O. The molecular weight excluding hydrogens is 211 g/mol. The fourth-order valence-corrected chi connectivity index (χ4v) is 1.16. The van der Waals surface area contributed by atoms with Crippen molar-refractivity contribution in [1.29, 1.82) is 0 Å². The van der Waals surface area contributed by atoms with E-state index < -0.39 is 24.1 Å². The van der Waals surface area contributed by atoms with Gasteiger partial charge < -0.3 is 5.11 Å². The average Bonchev–Trinajstić information content (AvgIpc) is 1.99. The maximum atomic E-state index is 12.1. The van der Waals surface area contributed by atoms with Crippen molar-refractivity contribution in [3.05, 3.63) is 0 Å². The normalized spacial score (nSPS) is 13.3. The highest BCUT2D eigenvalue weighted by Crippen LogP contribution is 2.21. The van der Waals surface area contributed by atoms with Crippen molar-refractivity contribution in [2.75, 3.05) is 19.6 Å². The van der Waals surface area contributed by atoms with E-state index in [9.17, 15) is 18.0 Å². The summed E-state index contributed by atoms with van der Waals surface area (Å²) in [5, 5.41) is 8.78. The first kappa shape index (κ1) is 14.2. The Morgan fingerprint density at radius 3 is 2.00 bits per heavy atom. The number of halogens is 3. The zero-order valence-electron chi connectivity index (χ0n) is 9.06. The molecule has 0 saturated heterocycles. The molecule has 0 unspecified atom stereocenters. The van der Waals surface area contributed by atoms with E-state index in [1.807, 2.05) is 0 Å². The maximum Gasteiger partial charge on any atom is 0.401 e. The first-order chi connectivity index (χ1) is 6.58. The number of hydrogen-bond donors (Lipinski definition) is 1. The maximum absolute atomic E-state index is 12.1. The fraction of sp³-hybridized carbons (Fsp3) is 0.889. The number of carboxylic acids is 1. The molecule has 3 nitrogen and oxygen atoms in total. The minimum atomic E-state index is -4.29. The van der Waals surface area contributed by atoms with E-state index in [4.69, 9.17) is 5.11 Å². The lowest BCUT2D eigenvalue weighted by atomic mass is 9.93. The zero-order chi connectivity index (χ0) is 12.3. The molecule has 90 valence electrons. The highest BCUT2D eigenvalue weighted by Gasteiger charge is 2.35. The first-order valence-electron chi connectivity index (χ1n) is 4.61. The molecule has 0 heterocycles. The Kier molecular flexibility index (Phi) is 4.58. The first-order valence-corrected chi connectivity index (χ1v) is 4.61. The predicted molar refractivity (Wildman–Crippen MR) is 49.6 cm³/mol. The summed E-state index contributed by atoms with van der Waals surface area (Å²) in [5.74, 6) is -1.09. The van der Waals surface area contributed by atoms with Crippen LogP contribution in [0.1, 0.15) is 20.8 Å². The van der Waals surface area contributed by atoms with Crippen LogP contribution in [0.2, 0.25) is 0 Å². The summed E-state index contributed by atoms with van der Waals surface area (Å²) in [6.07, 6.45) is -4.29. The Morgan fingerprint density at radius 2 is 1.73 bits per heavy atom. The lowest BCUT2D eigenvalue weighted by molar-refractivity contribution is -0.158. The number of aliphatic carboxylic acids is 1. The van der Waals surface area contributed by atoms with Crippen molar-refractivity contribution < 1.29 is 23.1 Å². The van der Waals surface area contributed by atoms with Crippen LogP contribution in [0.25, 0.3) is 0 Å². The van der Waals surface area contributed by atoms with Crippen LogP contribution < -0.4 is 0 Å². The molecule has 0 spiro atoms. The highest BCUT2D eigenvalue weighted by molar-refractivity contribution is 5.73. The largest absolute Gasteiger partial charge is 0.481 e. The molecule has 0 amide bonds. The number of carboxylic acid groups (broad SMARTS) is 1. The van der Waals surface area contributed by atoms with Crippen LogP contribution in [0.15, 0.2) is 0 Å². The smallest absolute Gasteiger partial charge is 0.401 e. The second kappa shape index (κ2) is 4.83. The second-order valence-electron chi connectivity index (χ2n) is 4.11. The average molecular weight is 227 g/mol. The predicted octanol–water partition coefficient (Wildman–Crippen LogP) is 1.98. The molecule has 0 fully saturated rings. The molecule has 0 aliphatic carbocycles. The number of alkyl halides is 3. The minimum Gasteiger partial charge on any atom is -0.481 e. The van der Waals surface area contributed by atoms with E-state index in [2.05, 4.69) is 0 Å². The summed E-state index contributed by atoms with van der Waals surface area (Å²) in [6.45, 7) is 3.39. The van der Waals surface area contributed by atoms with E-state index in [0.29, 0.717) is 0 Å². The van der Waals surface area contributed by atoms with Crippen molar-refractivity contribution in [1.82, 2.24) is 4.90 Å². The Labute approximate surface area is 86.9 Å². The summed E-state index contributed by atoms with van der Waals surface area (Å²) >= 11 is 0. The van der Waals surface area contributed by atoms with Crippen LogP contribution >= 0.6 is 0 Å². The van der Waals surface area contributed by atoms with Gasteiger partial charge in [-0.2, -0.15) is 13.2 Å². The van der Waals surface area contributed by atoms with Gasteiger partial charge in [0.2, 0.25) is 0 Å². The molecule has 0 aliphatic heterocycles. The van der Waals surface area contributed by atoms with Crippen LogP contribution in [0.5, 0.6) is 0 Å². The van der Waals surface area contributed by atoms with Crippen molar-refractivity contribution in [3.8, 4) is 0 Å². The summed E-state index contributed by atoms with van der Waals surface area (Å²) < 4.78 is 36.2. The van der Waals surface area contributed by atoms with Crippen molar-refractivity contribution in [2.24, 2.45) is 5.41 Å². The van der Waals surface area contributed by atoms with E-state index >= 15 is 0 Å². The van der Waals surface area contributed by atoms with Gasteiger partial charge >= 0.3 is 12.1 Å². The van der Waals surface area contributed by atoms with Crippen LogP contribution in [-0.2, 0) is 4.79 Å². The molecule has 6 heteroatoms. The Balaban J connectivity index is 4.40. The molecule has 0 aromatic rings. The van der Waals surface area contributed by atoms with Gasteiger partial charge in [0.25, 0.3) is 0 Å². The van der Waals surface area contributed by atoms with Gasteiger partial charge in [-0.3, -0.25) is 9.69 Å².